The number of hydrogen-bond donors (Lipinski definition) is 1. The molecule has 0 aromatic heterocycles. The lowest BCUT2D eigenvalue weighted by Crippen LogP contribution is -2.24. The van der Waals surface area contributed by atoms with E-state index in [1.54, 1.807) is 4.67 Å². The van der Waals surface area contributed by atoms with Crippen LogP contribution >= 0.6 is 7.75 Å². The maximum Gasteiger partial charge on any atom is 0.405 e. The van der Waals surface area contributed by atoms with Gasteiger partial charge in [-0.15, -0.1) is 0 Å². The van der Waals surface area contributed by atoms with Crippen LogP contribution in [0.4, 0.5) is 0 Å². The Morgan fingerprint density at radius 3 is 0.585 bits per heavy atom. The van der Waals surface area contributed by atoms with Gasteiger partial charge in [-0.3, -0.25) is 4.52 Å². The Morgan fingerprint density at radius 2 is 0.415 bits per heavy atom. The smallest absolute Gasteiger partial charge is 0.312 e. The van der Waals surface area contributed by atoms with Crippen molar-refractivity contribution in [1.29, 1.82) is 0 Å². The highest BCUT2D eigenvalue weighted by Gasteiger charge is 2.28. The summed E-state index contributed by atoms with van der Waals surface area (Å²) in [4.78, 5) is 10.8. The van der Waals surface area contributed by atoms with E-state index < -0.39 is 7.75 Å². The fraction of sp³-hybridized carbons (Fsp3) is 1.00. The van der Waals surface area contributed by atoms with E-state index in [9.17, 15) is 9.46 Å². The normalized spacial score (nSPS) is 12.8. The molecule has 1 atom stereocenters. The van der Waals surface area contributed by atoms with Crippen LogP contribution in [0, 0.1) is 0 Å². The van der Waals surface area contributed by atoms with E-state index in [2.05, 4.69) is 20.8 Å². The summed E-state index contributed by atoms with van der Waals surface area (Å²) >= 11 is 0. The monoisotopic (exact) mass is 938 g/mol. The zero-order valence-electron chi connectivity index (χ0n) is 45.5. The minimum atomic E-state index is -3.70. The number of rotatable bonds is 59. The molecule has 0 aromatic carbocycles. The van der Waals surface area contributed by atoms with E-state index in [1.807, 2.05) is 0 Å². The summed E-state index contributed by atoms with van der Waals surface area (Å²) < 4.78 is 20.6. The van der Waals surface area contributed by atoms with Crippen LogP contribution in [0.3, 0.4) is 0 Å². The molecule has 0 aromatic rings. The van der Waals surface area contributed by atoms with Gasteiger partial charge in [-0.25, -0.2) is 9.24 Å². The predicted molar refractivity (Wildman–Crippen MR) is 294 cm³/mol. The van der Waals surface area contributed by atoms with Gasteiger partial charge < -0.3 is 4.89 Å². The summed E-state index contributed by atoms with van der Waals surface area (Å²) in [5.41, 5.74) is 0. The molecule has 0 bridgehead atoms. The van der Waals surface area contributed by atoms with Crippen LogP contribution in [-0.2, 0) is 9.09 Å². The number of hydrogen-bond acceptors (Lipinski definition) is 2. The van der Waals surface area contributed by atoms with Gasteiger partial charge in [-0.1, -0.05) is 348 Å². The molecule has 392 valence electrons. The van der Waals surface area contributed by atoms with Gasteiger partial charge in [-0.05, 0) is 19.3 Å². The largest absolute Gasteiger partial charge is 0.405 e. The molecule has 0 aliphatic heterocycles. The Labute approximate surface area is 411 Å². The highest BCUT2D eigenvalue weighted by molar-refractivity contribution is 7.50. The summed E-state index contributed by atoms with van der Waals surface area (Å²) in [6, 6.07) is 0. The summed E-state index contributed by atoms with van der Waals surface area (Å²) in [5.74, 6) is 0. The molecule has 4 nitrogen and oxygen atoms in total. The van der Waals surface area contributed by atoms with E-state index in [4.69, 9.17) is 4.52 Å². The van der Waals surface area contributed by atoms with Crippen molar-refractivity contribution in [3.05, 3.63) is 0 Å². The Kier molecular flexibility index (Phi) is 56.8. The Bertz CT molecular complexity index is 844. The first kappa shape index (κ1) is 65.1. The Balaban J connectivity index is 3.66. The average Bonchev–Trinajstić information content (AvgIpc) is 3.30. The van der Waals surface area contributed by atoms with Crippen molar-refractivity contribution >= 4 is 7.75 Å². The third-order valence-electron chi connectivity index (χ3n) is 14.7. The first-order valence-electron chi connectivity index (χ1n) is 30.8. The minimum absolute atomic E-state index is 0.389. The summed E-state index contributed by atoms with van der Waals surface area (Å²) in [7, 11) is -3.70. The molecule has 0 fully saturated rings. The van der Waals surface area contributed by atoms with Gasteiger partial charge in [0.25, 0.3) is 0 Å². The Hall–Kier alpha value is 0.110. The van der Waals surface area contributed by atoms with Gasteiger partial charge in [-0.2, -0.15) is 0 Å². The van der Waals surface area contributed by atoms with Gasteiger partial charge in [0.1, 0.15) is 0 Å². The van der Waals surface area contributed by atoms with Crippen molar-refractivity contribution in [2.24, 2.45) is 0 Å². The van der Waals surface area contributed by atoms with E-state index in [0.717, 1.165) is 38.5 Å². The summed E-state index contributed by atoms with van der Waals surface area (Å²) in [5, 5.41) is 0. The SMILES string of the molecule is CCCCCCCCCCCCCCCCCCCCCCCCCCCCN(CCCCCCCCCCCCCCCCCCCCCCCCCCCC)P(=O)(O)OCCCC. The molecule has 0 aliphatic carbocycles. The molecular formula is C60H124NO3P. The zero-order chi connectivity index (χ0) is 47.1. The lowest BCUT2D eigenvalue weighted by molar-refractivity contribution is 0.195. The third kappa shape index (κ3) is 53.3. The van der Waals surface area contributed by atoms with E-state index >= 15 is 0 Å². The first-order valence-corrected chi connectivity index (χ1v) is 32.3. The maximum absolute atomic E-state index is 13.2. The van der Waals surface area contributed by atoms with Gasteiger partial charge in [0.15, 0.2) is 0 Å². The highest BCUT2D eigenvalue weighted by atomic mass is 31.2. The van der Waals surface area contributed by atoms with Crippen LogP contribution in [0.5, 0.6) is 0 Å². The fourth-order valence-electron chi connectivity index (χ4n) is 9.99. The molecule has 0 rings (SSSR count). The molecule has 0 saturated carbocycles. The van der Waals surface area contributed by atoms with Crippen LogP contribution in [-0.4, -0.2) is 29.3 Å². The standard InChI is InChI=1S/C60H124NO3P/c1-4-7-10-12-14-16-18-20-22-24-26-28-30-32-34-36-38-40-42-44-46-48-50-52-54-56-58-61(65(62,63)64-60-9-6-3)59-57-55-53-51-49-47-45-43-41-39-37-35-33-31-29-27-25-23-21-19-17-15-13-11-8-5-2/h4-60H2,1-3H3,(H,62,63). The zero-order valence-corrected chi connectivity index (χ0v) is 46.4. The van der Waals surface area contributed by atoms with Crippen LogP contribution < -0.4 is 0 Å². The quantitative estimate of drug-likeness (QED) is 0.0488. The van der Waals surface area contributed by atoms with Crippen molar-refractivity contribution < 1.29 is 14.0 Å². The second-order valence-electron chi connectivity index (χ2n) is 21.3. The van der Waals surface area contributed by atoms with Crippen LogP contribution in [0.15, 0.2) is 0 Å². The molecule has 0 aliphatic rings. The molecule has 0 spiro atoms. The first-order chi connectivity index (χ1) is 32.1. The molecule has 1 N–H and O–H groups in total. The third-order valence-corrected chi connectivity index (χ3v) is 16.3. The second kappa shape index (κ2) is 56.7. The second-order valence-corrected chi connectivity index (χ2v) is 23.1. The van der Waals surface area contributed by atoms with Gasteiger partial charge >= 0.3 is 7.75 Å². The fourth-order valence-corrected chi connectivity index (χ4v) is 11.3. The minimum Gasteiger partial charge on any atom is -0.312 e. The molecule has 0 saturated heterocycles. The molecule has 0 amide bonds. The van der Waals surface area contributed by atoms with Gasteiger partial charge in [0, 0.05) is 13.1 Å². The van der Waals surface area contributed by atoms with Crippen molar-refractivity contribution in [3.8, 4) is 0 Å². The molecule has 5 heteroatoms. The van der Waals surface area contributed by atoms with E-state index in [1.165, 1.54) is 308 Å². The van der Waals surface area contributed by atoms with Crippen LogP contribution in [0.2, 0.25) is 0 Å². The summed E-state index contributed by atoms with van der Waals surface area (Å²) in [6.07, 6.45) is 74.6. The number of unbranched alkanes of at least 4 members (excludes halogenated alkanes) is 51. The van der Waals surface area contributed by atoms with Gasteiger partial charge in [0.2, 0.25) is 0 Å². The van der Waals surface area contributed by atoms with Gasteiger partial charge in [0.05, 0.1) is 6.61 Å². The van der Waals surface area contributed by atoms with Crippen molar-refractivity contribution in [2.45, 2.75) is 367 Å². The van der Waals surface area contributed by atoms with E-state index in [0.29, 0.717) is 19.7 Å². The Morgan fingerprint density at radius 1 is 0.262 bits per heavy atom. The predicted octanol–water partition coefficient (Wildman–Crippen LogP) is 22.5. The molecule has 0 heterocycles. The van der Waals surface area contributed by atoms with Crippen LogP contribution in [0.25, 0.3) is 0 Å². The molecule has 65 heavy (non-hydrogen) atoms. The van der Waals surface area contributed by atoms with E-state index in [-0.39, 0.29) is 0 Å². The molecule has 0 radical (unpaired) electrons. The number of nitrogens with zero attached hydrogens (tertiary/aromatic N) is 1. The summed E-state index contributed by atoms with van der Waals surface area (Å²) in [6.45, 7) is 8.49. The topological polar surface area (TPSA) is 49.8 Å². The van der Waals surface area contributed by atoms with Crippen molar-refractivity contribution in [1.82, 2.24) is 4.67 Å². The van der Waals surface area contributed by atoms with Crippen molar-refractivity contribution in [2.75, 3.05) is 19.7 Å². The molecule has 1 unspecified atom stereocenters. The van der Waals surface area contributed by atoms with Crippen molar-refractivity contribution in [3.63, 3.8) is 0 Å². The van der Waals surface area contributed by atoms with Crippen LogP contribution in [0.1, 0.15) is 367 Å². The highest BCUT2D eigenvalue weighted by Crippen LogP contribution is 2.47. The maximum atomic E-state index is 13.2. The average molecular weight is 939 g/mol. The lowest BCUT2D eigenvalue weighted by atomic mass is 10.0. The molecular weight excluding hydrogens is 814 g/mol. The lowest BCUT2D eigenvalue weighted by Gasteiger charge is -2.26.